The highest BCUT2D eigenvalue weighted by atomic mass is 19.4. The molecule has 28 heavy (non-hydrogen) atoms. The Morgan fingerprint density at radius 1 is 1.36 bits per heavy atom. The van der Waals surface area contributed by atoms with Crippen LogP contribution in [0.3, 0.4) is 0 Å². The van der Waals surface area contributed by atoms with Gasteiger partial charge in [-0.05, 0) is 37.5 Å². The lowest BCUT2D eigenvalue weighted by molar-refractivity contribution is -0.143. The van der Waals surface area contributed by atoms with Crippen molar-refractivity contribution in [1.29, 1.82) is 0 Å². The molecular weight excluding hydrogens is 373 g/mol. The topological polar surface area (TPSA) is 61.8 Å². The molecule has 0 saturated heterocycles. The molecule has 1 saturated carbocycles. The molecule has 2 atom stereocenters. The Balaban J connectivity index is 2.11. The lowest BCUT2D eigenvalue weighted by Crippen LogP contribution is -2.47. The molecule has 1 aliphatic rings. The summed E-state index contributed by atoms with van der Waals surface area (Å²) in [6.07, 6.45) is -1.40. The Labute approximate surface area is 163 Å². The van der Waals surface area contributed by atoms with Gasteiger partial charge in [-0.1, -0.05) is 25.0 Å². The summed E-state index contributed by atoms with van der Waals surface area (Å²) in [6.45, 7) is 2.17. The zero-order valence-electron chi connectivity index (χ0n) is 16.3. The fourth-order valence-electron chi connectivity index (χ4n) is 3.53. The van der Waals surface area contributed by atoms with Crippen LogP contribution in [-0.4, -0.2) is 54.9 Å². The number of carbonyl (C=O) groups is 1. The number of rotatable bonds is 9. The van der Waals surface area contributed by atoms with Gasteiger partial charge in [-0.3, -0.25) is 4.79 Å². The lowest BCUT2D eigenvalue weighted by atomic mass is 10.0. The number of methoxy groups -OCH3 is 1. The smallest absolute Gasteiger partial charge is 0.383 e. The molecule has 2 rings (SSSR count). The Morgan fingerprint density at radius 3 is 2.64 bits per heavy atom. The summed E-state index contributed by atoms with van der Waals surface area (Å²) in [5.74, 6) is -0.521. The number of hydrogen-bond donors (Lipinski definition) is 2. The third-order valence-electron chi connectivity index (χ3n) is 5.22. The minimum Gasteiger partial charge on any atom is -0.383 e. The molecule has 1 fully saturated rings. The quantitative estimate of drug-likeness (QED) is 0.666. The van der Waals surface area contributed by atoms with Gasteiger partial charge >= 0.3 is 6.18 Å². The molecule has 0 bridgehead atoms. The zero-order valence-corrected chi connectivity index (χ0v) is 16.3. The fraction of sp³-hybridized carbons (Fsp3) is 0.650. The number of nitrogens with zero attached hydrogens (tertiary/aromatic N) is 1. The minimum atomic E-state index is -4.46. The predicted octanol–water partition coefficient (Wildman–Crippen LogP) is 3.13. The highest BCUT2D eigenvalue weighted by Crippen LogP contribution is 2.32. The number of amides is 1. The highest BCUT2D eigenvalue weighted by Gasteiger charge is 2.32. The van der Waals surface area contributed by atoms with Gasteiger partial charge in [0.1, 0.15) is 6.10 Å². The van der Waals surface area contributed by atoms with E-state index in [1.54, 1.807) is 13.0 Å². The fourth-order valence-corrected chi connectivity index (χ4v) is 3.53. The molecular formula is C20H29F3N2O3. The van der Waals surface area contributed by atoms with Crippen molar-refractivity contribution in [3.8, 4) is 0 Å². The van der Waals surface area contributed by atoms with Gasteiger partial charge in [-0.15, -0.1) is 0 Å². The summed E-state index contributed by atoms with van der Waals surface area (Å²) in [4.78, 5) is 14.2. The van der Waals surface area contributed by atoms with Gasteiger partial charge in [0.05, 0.1) is 18.2 Å². The molecule has 0 aromatic heterocycles. The maximum atomic E-state index is 13.0. The van der Waals surface area contributed by atoms with E-state index in [4.69, 9.17) is 4.74 Å². The molecule has 0 heterocycles. The summed E-state index contributed by atoms with van der Waals surface area (Å²) in [7, 11) is 1.48. The number of carbonyl (C=O) groups excluding carboxylic acids is 1. The molecule has 8 heteroatoms. The summed E-state index contributed by atoms with van der Waals surface area (Å²) >= 11 is 0. The number of aliphatic hydroxyl groups excluding tert-OH is 1. The second-order valence-corrected chi connectivity index (χ2v) is 7.23. The number of ether oxygens (including phenoxy) is 1. The standard InChI is InChI=1S/C20H29F3N2O3/c1-14(15-6-5-7-16(12-15)20(21,22)23)25(10-11-28-2)19(27)18(26)13-24-17-8-3-4-9-17/h5-7,12,14,17-18,24,26H,3-4,8-11,13H2,1-2H3. The maximum Gasteiger partial charge on any atom is 0.416 e. The van der Waals surface area contributed by atoms with Gasteiger partial charge in [0.2, 0.25) is 0 Å². The second kappa shape index (κ2) is 10.2. The Kier molecular flexibility index (Phi) is 8.27. The van der Waals surface area contributed by atoms with Gasteiger partial charge in [0, 0.05) is 26.2 Å². The van der Waals surface area contributed by atoms with Crippen molar-refractivity contribution in [2.75, 3.05) is 26.8 Å². The van der Waals surface area contributed by atoms with E-state index in [2.05, 4.69) is 5.32 Å². The minimum absolute atomic E-state index is 0.127. The van der Waals surface area contributed by atoms with Crippen LogP contribution in [0.25, 0.3) is 0 Å². The predicted molar refractivity (Wildman–Crippen MR) is 99.7 cm³/mol. The molecule has 1 aromatic rings. The number of nitrogens with one attached hydrogen (secondary N) is 1. The molecule has 0 aliphatic heterocycles. The molecule has 5 nitrogen and oxygen atoms in total. The SMILES string of the molecule is COCCN(C(=O)C(O)CNC1CCCC1)C(C)c1cccc(C(F)(F)F)c1. The van der Waals surface area contributed by atoms with Gasteiger partial charge in [-0.25, -0.2) is 0 Å². The Hall–Kier alpha value is -1.64. The lowest BCUT2D eigenvalue weighted by Gasteiger charge is -2.32. The normalized spacial score (nSPS) is 17.5. The average molecular weight is 402 g/mol. The monoisotopic (exact) mass is 402 g/mol. The largest absolute Gasteiger partial charge is 0.416 e. The van der Waals surface area contributed by atoms with Gasteiger partial charge < -0.3 is 20.1 Å². The maximum absolute atomic E-state index is 13.0. The molecule has 1 aromatic carbocycles. The number of alkyl halides is 3. The first kappa shape index (κ1) is 22.6. The average Bonchev–Trinajstić information content (AvgIpc) is 3.19. The van der Waals surface area contributed by atoms with Gasteiger partial charge in [-0.2, -0.15) is 13.2 Å². The molecule has 2 N–H and O–H groups in total. The van der Waals surface area contributed by atoms with Crippen LogP contribution in [0, 0.1) is 0 Å². The first-order valence-electron chi connectivity index (χ1n) is 9.62. The van der Waals surface area contributed by atoms with Crippen LogP contribution in [0.2, 0.25) is 0 Å². The Morgan fingerprint density at radius 2 is 2.04 bits per heavy atom. The molecule has 0 radical (unpaired) electrons. The molecule has 1 aliphatic carbocycles. The first-order valence-corrected chi connectivity index (χ1v) is 9.62. The van der Waals surface area contributed by atoms with Crippen LogP contribution in [0.5, 0.6) is 0 Å². The van der Waals surface area contributed by atoms with Crippen molar-refractivity contribution >= 4 is 5.91 Å². The van der Waals surface area contributed by atoms with Crippen LogP contribution >= 0.6 is 0 Å². The zero-order chi connectivity index (χ0) is 20.7. The number of aliphatic hydroxyl groups is 1. The van der Waals surface area contributed by atoms with E-state index in [0.717, 1.165) is 37.8 Å². The number of hydrogen-bond acceptors (Lipinski definition) is 4. The second-order valence-electron chi connectivity index (χ2n) is 7.23. The molecule has 158 valence electrons. The van der Waals surface area contributed by atoms with Gasteiger partial charge in [0.15, 0.2) is 0 Å². The van der Waals surface area contributed by atoms with Crippen LogP contribution in [0.4, 0.5) is 13.2 Å². The molecule has 1 amide bonds. The van der Waals surface area contributed by atoms with Crippen LogP contribution in [0.1, 0.15) is 49.8 Å². The third kappa shape index (κ3) is 6.18. The van der Waals surface area contributed by atoms with E-state index < -0.39 is 29.8 Å². The summed E-state index contributed by atoms with van der Waals surface area (Å²) in [6, 6.07) is 4.59. The molecule has 0 spiro atoms. The first-order chi connectivity index (χ1) is 13.2. The summed E-state index contributed by atoms with van der Waals surface area (Å²) in [5, 5.41) is 13.6. The van der Waals surface area contributed by atoms with Crippen LogP contribution in [-0.2, 0) is 15.7 Å². The van der Waals surface area contributed by atoms with E-state index in [-0.39, 0.29) is 19.7 Å². The van der Waals surface area contributed by atoms with Crippen molar-refractivity contribution in [3.63, 3.8) is 0 Å². The van der Waals surface area contributed by atoms with E-state index >= 15 is 0 Å². The third-order valence-corrected chi connectivity index (χ3v) is 5.22. The highest BCUT2D eigenvalue weighted by molar-refractivity contribution is 5.81. The van der Waals surface area contributed by atoms with Gasteiger partial charge in [0.25, 0.3) is 5.91 Å². The number of halogens is 3. The van der Waals surface area contributed by atoms with Crippen molar-refractivity contribution in [2.24, 2.45) is 0 Å². The van der Waals surface area contributed by atoms with E-state index in [1.807, 2.05) is 0 Å². The van der Waals surface area contributed by atoms with E-state index in [9.17, 15) is 23.1 Å². The van der Waals surface area contributed by atoms with Crippen molar-refractivity contribution in [3.05, 3.63) is 35.4 Å². The van der Waals surface area contributed by atoms with Crippen molar-refractivity contribution in [2.45, 2.75) is 57.0 Å². The summed E-state index contributed by atoms with van der Waals surface area (Å²) in [5.41, 5.74) is -0.408. The van der Waals surface area contributed by atoms with E-state index in [1.165, 1.54) is 18.1 Å². The van der Waals surface area contributed by atoms with Crippen LogP contribution < -0.4 is 5.32 Å². The van der Waals surface area contributed by atoms with Crippen molar-refractivity contribution < 1.29 is 27.8 Å². The summed E-state index contributed by atoms with van der Waals surface area (Å²) < 4.78 is 44.1. The van der Waals surface area contributed by atoms with Crippen molar-refractivity contribution in [1.82, 2.24) is 10.2 Å². The van der Waals surface area contributed by atoms with E-state index in [0.29, 0.717) is 11.6 Å². The molecule has 2 unspecified atom stereocenters. The number of benzene rings is 1. The van der Waals surface area contributed by atoms with Crippen LogP contribution in [0.15, 0.2) is 24.3 Å². The Bertz CT molecular complexity index is 633.